The van der Waals surface area contributed by atoms with Gasteiger partial charge in [0, 0.05) is 6.04 Å². The fourth-order valence-electron chi connectivity index (χ4n) is 1.01. The predicted octanol–water partition coefficient (Wildman–Crippen LogP) is 0.670. The van der Waals surface area contributed by atoms with Crippen LogP contribution in [0.2, 0.25) is 0 Å². The zero-order valence-corrected chi connectivity index (χ0v) is 8.74. The lowest BCUT2D eigenvalue weighted by Crippen LogP contribution is -2.36. The Bertz CT molecular complexity index is 139. The van der Waals surface area contributed by atoms with Crippen LogP contribution in [0, 0.1) is 0 Å². The average Bonchev–Trinajstić information content (AvgIpc) is 1.84. The highest BCUT2D eigenvalue weighted by atomic mass is 32.2. The average molecular weight is 191 g/mol. The van der Waals surface area contributed by atoms with Crippen LogP contribution in [0.25, 0.3) is 0 Å². The second-order valence-electron chi connectivity index (χ2n) is 2.97. The first-order valence-electron chi connectivity index (χ1n) is 4.15. The number of nitrogens with one attached hydrogen (secondary N) is 1. The molecular formula is C8H17NO2S. The van der Waals surface area contributed by atoms with Crippen molar-refractivity contribution >= 4 is 17.1 Å². The fourth-order valence-corrected chi connectivity index (χ4v) is 1.46. The van der Waals surface area contributed by atoms with Crippen LogP contribution in [-0.4, -0.2) is 28.5 Å². The summed E-state index contributed by atoms with van der Waals surface area (Å²) in [6, 6.07) is 0.200. The monoisotopic (exact) mass is 191 g/mol. The largest absolute Gasteiger partial charge is 0.616 e. The quantitative estimate of drug-likeness (QED) is 0.649. The van der Waals surface area contributed by atoms with Crippen molar-refractivity contribution in [3.05, 3.63) is 0 Å². The van der Waals surface area contributed by atoms with Gasteiger partial charge in [-0.3, -0.25) is 4.79 Å². The van der Waals surface area contributed by atoms with Crippen molar-refractivity contribution in [1.29, 1.82) is 0 Å². The van der Waals surface area contributed by atoms with Gasteiger partial charge in [-0.2, -0.15) is 0 Å². The summed E-state index contributed by atoms with van der Waals surface area (Å²) in [6.45, 7) is 4.03. The number of hydrogen-bond acceptors (Lipinski definition) is 2. The van der Waals surface area contributed by atoms with E-state index in [-0.39, 0.29) is 17.7 Å². The lowest BCUT2D eigenvalue weighted by atomic mass is 10.2. The zero-order chi connectivity index (χ0) is 9.56. The molecule has 0 aliphatic rings. The Morgan fingerprint density at radius 2 is 2.25 bits per heavy atom. The maximum absolute atomic E-state index is 11.0. The number of rotatable bonds is 5. The van der Waals surface area contributed by atoms with E-state index in [1.54, 1.807) is 0 Å². The van der Waals surface area contributed by atoms with Gasteiger partial charge >= 0.3 is 0 Å². The van der Waals surface area contributed by atoms with Crippen LogP contribution in [0.4, 0.5) is 0 Å². The lowest BCUT2D eigenvalue weighted by Gasteiger charge is -2.12. The molecule has 0 aromatic heterocycles. The second-order valence-corrected chi connectivity index (χ2v) is 4.41. The third kappa shape index (κ3) is 6.49. The van der Waals surface area contributed by atoms with Crippen molar-refractivity contribution < 1.29 is 9.35 Å². The van der Waals surface area contributed by atoms with E-state index in [1.807, 2.05) is 6.92 Å². The summed E-state index contributed by atoms with van der Waals surface area (Å²) in [5, 5.41) is 2.78. The van der Waals surface area contributed by atoms with Crippen LogP contribution in [0.5, 0.6) is 0 Å². The van der Waals surface area contributed by atoms with E-state index in [1.165, 1.54) is 6.26 Å². The van der Waals surface area contributed by atoms with E-state index in [0.717, 1.165) is 12.8 Å². The smallest absolute Gasteiger partial charge is 0.270 e. The summed E-state index contributed by atoms with van der Waals surface area (Å²) >= 11 is -1.03. The Kier molecular flexibility index (Phi) is 6.20. The van der Waals surface area contributed by atoms with Crippen LogP contribution in [0.1, 0.15) is 26.7 Å². The van der Waals surface area contributed by atoms with Crippen molar-refractivity contribution in [3.8, 4) is 0 Å². The van der Waals surface area contributed by atoms with E-state index in [2.05, 4.69) is 12.2 Å². The maximum atomic E-state index is 11.0. The second kappa shape index (κ2) is 6.31. The standard InChI is InChI=1S/C8H17NO2S/c1-4-5-7(2)9-8(10)6-12(3)11/h7H,4-6H2,1-3H3,(H,9,10). The van der Waals surface area contributed by atoms with Crippen LogP contribution in [0.3, 0.4) is 0 Å². The Hall–Kier alpha value is -0.220. The summed E-state index contributed by atoms with van der Waals surface area (Å²) in [5.41, 5.74) is 0. The van der Waals surface area contributed by atoms with Crippen molar-refractivity contribution in [1.82, 2.24) is 5.32 Å². The number of carbonyl (C=O) groups is 1. The van der Waals surface area contributed by atoms with Crippen LogP contribution >= 0.6 is 0 Å². The third-order valence-corrected chi connectivity index (χ3v) is 2.13. The third-order valence-electron chi connectivity index (χ3n) is 1.46. The number of amides is 1. The maximum Gasteiger partial charge on any atom is 0.270 e. The first-order chi connectivity index (χ1) is 5.56. The zero-order valence-electron chi connectivity index (χ0n) is 7.92. The molecule has 0 aromatic rings. The minimum absolute atomic E-state index is 0.114. The van der Waals surface area contributed by atoms with E-state index >= 15 is 0 Å². The molecule has 0 bridgehead atoms. The molecule has 0 rings (SSSR count). The molecule has 0 spiro atoms. The molecule has 0 aliphatic heterocycles. The molecule has 1 amide bonds. The van der Waals surface area contributed by atoms with Crippen LogP contribution in [-0.2, 0) is 16.0 Å². The van der Waals surface area contributed by atoms with Gasteiger partial charge in [0.15, 0.2) is 5.75 Å². The fraction of sp³-hybridized carbons (Fsp3) is 0.875. The molecule has 72 valence electrons. The van der Waals surface area contributed by atoms with Crippen molar-refractivity contribution in [3.63, 3.8) is 0 Å². The SMILES string of the molecule is CCCC(C)NC(=O)C[S+](C)[O-]. The van der Waals surface area contributed by atoms with E-state index in [4.69, 9.17) is 0 Å². The molecule has 0 fully saturated rings. The molecule has 12 heavy (non-hydrogen) atoms. The molecule has 0 aliphatic carbocycles. The van der Waals surface area contributed by atoms with Gasteiger partial charge < -0.3 is 9.87 Å². The van der Waals surface area contributed by atoms with Crippen molar-refractivity contribution in [2.75, 3.05) is 12.0 Å². The van der Waals surface area contributed by atoms with Gasteiger partial charge in [-0.05, 0) is 24.5 Å². The minimum Gasteiger partial charge on any atom is -0.616 e. The predicted molar refractivity (Wildman–Crippen MR) is 51.4 cm³/mol. The van der Waals surface area contributed by atoms with E-state index < -0.39 is 11.2 Å². The molecule has 0 saturated carbocycles. The first-order valence-corrected chi connectivity index (χ1v) is 5.88. The van der Waals surface area contributed by atoms with Crippen LogP contribution < -0.4 is 5.32 Å². The van der Waals surface area contributed by atoms with Gasteiger partial charge in [0.05, 0.1) is 6.26 Å². The highest BCUT2D eigenvalue weighted by Gasteiger charge is 2.10. The highest BCUT2D eigenvalue weighted by Crippen LogP contribution is 1.94. The Morgan fingerprint density at radius 1 is 1.67 bits per heavy atom. The molecule has 0 aromatic carbocycles. The lowest BCUT2D eigenvalue weighted by molar-refractivity contribution is -0.119. The summed E-state index contributed by atoms with van der Waals surface area (Å²) in [6.07, 6.45) is 3.56. The first kappa shape index (κ1) is 11.8. The van der Waals surface area contributed by atoms with Gasteiger partial charge in [0.25, 0.3) is 5.91 Å². The van der Waals surface area contributed by atoms with Gasteiger partial charge in [-0.1, -0.05) is 13.3 Å². The molecule has 0 saturated heterocycles. The molecule has 4 heteroatoms. The molecule has 0 radical (unpaired) electrons. The molecule has 1 N–H and O–H groups in total. The summed E-state index contributed by atoms with van der Waals surface area (Å²) in [7, 11) is 0. The topological polar surface area (TPSA) is 52.2 Å². The van der Waals surface area contributed by atoms with Gasteiger partial charge in [-0.15, -0.1) is 0 Å². The molecule has 3 nitrogen and oxygen atoms in total. The Labute approximate surface area is 77.1 Å². The number of carbonyl (C=O) groups excluding carboxylic acids is 1. The van der Waals surface area contributed by atoms with Crippen LogP contribution in [0.15, 0.2) is 0 Å². The van der Waals surface area contributed by atoms with E-state index in [0.29, 0.717) is 0 Å². The highest BCUT2D eigenvalue weighted by molar-refractivity contribution is 7.91. The minimum atomic E-state index is -1.03. The van der Waals surface area contributed by atoms with Gasteiger partial charge in [0.2, 0.25) is 0 Å². The van der Waals surface area contributed by atoms with Gasteiger partial charge in [0.1, 0.15) is 0 Å². The normalized spacial score (nSPS) is 15.3. The van der Waals surface area contributed by atoms with E-state index in [9.17, 15) is 9.35 Å². The van der Waals surface area contributed by atoms with Crippen molar-refractivity contribution in [2.24, 2.45) is 0 Å². The molecule has 0 heterocycles. The van der Waals surface area contributed by atoms with Crippen molar-refractivity contribution in [2.45, 2.75) is 32.7 Å². The summed E-state index contributed by atoms with van der Waals surface area (Å²) < 4.78 is 10.6. The summed E-state index contributed by atoms with van der Waals surface area (Å²) in [5.74, 6) is 0.00501. The Balaban J connectivity index is 3.54. The molecule has 2 unspecified atom stereocenters. The molecule has 2 atom stereocenters. The summed E-state index contributed by atoms with van der Waals surface area (Å²) in [4.78, 5) is 11.0. The number of hydrogen-bond donors (Lipinski definition) is 1. The van der Waals surface area contributed by atoms with Gasteiger partial charge in [-0.25, -0.2) is 0 Å². The molecular weight excluding hydrogens is 174 g/mol. The Morgan fingerprint density at radius 3 is 2.67 bits per heavy atom.